The van der Waals surface area contributed by atoms with Crippen LogP contribution in [0.5, 0.6) is 0 Å². The number of halogens is 1. The second-order valence-corrected chi connectivity index (χ2v) is 5.88. The van der Waals surface area contributed by atoms with Crippen LogP contribution in [0, 0.1) is 3.57 Å². The Morgan fingerprint density at radius 2 is 1.80 bits per heavy atom. The van der Waals surface area contributed by atoms with Gasteiger partial charge in [-0.25, -0.2) is 0 Å². The topological polar surface area (TPSA) is 58.4 Å². The van der Waals surface area contributed by atoms with Crippen molar-refractivity contribution in [1.29, 1.82) is 0 Å². The maximum atomic E-state index is 12.4. The molecule has 0 unspecified atom stereocenters. The second kappa shape index (κ2) is 6.13. The van der Waals surface area contributed by atoms with E-state index in [0.29, 0.717) is 11.3 Å². The molecule has 0 saturated heterocycles. The standard InChI is InChI=1S/C15H16IN3O/c1-19(2)14-8-5-11(17)9-13(14)15(20)18-12-6-3-10(16)4-7-12/h3-9H,17H2,1-2H3,(H,18,20). The summed E-state index contributed by atoms with van der Waals surface area (Å²) in [6.45, 7) is 0. The maximum absolute atomic E-state index is 12.4. The van der Waals surface area contributed by atoms with Gasteiger partial charge in [-0.2, -0.15) is 0 Å². The van der Waals surface area contributed by atoms with Gasteiger partial charge in [0.2, 0.25) is 0 Å². The molecule has 104 valence electrons. The SMILES string of the molecule is CN(C)c1ccc(N)cc1C(=O)Nc1ccc(I)cc1. The van der Waals surface area contributed by atoms with E-state index in [4.69, 9.17) is 5.73 Å². The third-order valence-corrected chi connectivity index (χ3v) is 3.57. The van der Waals surface area contributed by atoms with Crippen LogP contribution in [0.4, 0.5) is 17.1 Å². The molecule has 0 radical (unpaired) electrons. The van der Waals surface area contributed by atoms with Gasteiger partial charge in [0, 0.05) is 34.7 Å². The fourth-order valence-electron chi connectivity index (χ4n) is 1.86. The van der Waals surface area contributed by atoms with Crippen molar-refractivity contribution in [2.24, 2.45) is 0 Å². The minimum Gasteiger partial charge on any atom is -0.399 e. The molecule has 0 aliphatic rings. The highest BCUT2D eigenvalue weighted by Crippen LogP contribution is 2.23. The fraction of sp³-hybridized carbons (Fsp3) is 0.133. The molecule has 2 aromatic rings. The van der Waals surface area contributed by atoms with E-state index in [-0.39, 0.29) is 5.91 Å². The molecule has 0 saturated carbocycles. The van der Waals surface area contributed by atoms with Crippen LogP contribution in [-0.2, 0) is 0 Å². The predicted molar refractivity (Wildman–Crippen MR) is 92.3 cm³/mol. The number of anilines is 3. The van der Waals surface area contributed by atoms with Crippen molar-refractivity contribution in [2.75, 3.05) is 30.0 Å². The van der Waals surface area contributed by atoms with E-state index in [2.05, 4.69) is 27.9 Å². The molecule has 5 heteroatoms. The van der Waals surface area contributed by atoms with Gasteiger partial charge in [0.25, 0.3) is 5.91 Å². The van der Waals surface area contributed by atoms with Gasteiger partial charge in [-0.15, -0.1) is 0 Å². The molecule has 0 atom stereocenters. The summed E-state index contributed by atoms with van der Waals surface area (Å²) in [6.07, 6.45) is 0. The highest BCUT2D eigenvalue weighted by atomic mass is 127. The monoisotopic (exact) mass is 381 g/mol. The predicted octanol–water partition coefficient (Wildman–Crippen LogP) is 3.19. The number of nitrogens with one attached hydrogen (secondary N) is 1. The Labute approximate surface area is 132 Å². The highest BCUT2D eigenvalue weighted by molar-refractivity contribution is 14.1. The smallest absolute Gasteiger partial charge is 0.257 e. The molecule has 3 N–H and O–H groups in total. The van der Waals surface area contributed by atoms with Crippen molar-refractivity contribution < 1.29 is 4.79 Å². The van der Waals surface area contributed by atoms with Crippen LogP contribution in [0.25, 0.3) is 0 Å². The van der Waals surface area contributed by atoms with Gasteiger partial charge >= 0.3 is 0 Å². The summed E-state index contributed by atoms with van der Waals surface area (Å²) in [4.78, 5) is 14.3. The first kappa shape index (κ1) is 14.6. The van der Waals surface area contributed by atoms with Crippen LogP contribution in [0.3, 0.4) is 0 Å². The van der Waals surface area contributed by atoms with Crippen LogP contribution in [0.2, 0.25) is 0 Å². The average Bonchev–Trinajstić information content (AvgIpc) is 2.41. The number of carbonyl (C=O) groups excluding carboxylic acids is 1. The average molecular weight is 381 g/mol. The van der Waals surface area contributed by atoms with Gasteiger partial charge in [0.15, 0.2) is 0 Å². The lowest BCUT2D eigenvalue weighted by molar-refractivity contribution is 0.102. The number of amides is 1. The van der Waals surface area contributed by atoms with Gasteiger partial charge in [-0.05, 0) is 65.1 Å². The van der Waals surface area contributed by atoms with Gasteiger partial charge < -0.3 is 16.0 Å². The lowest BCUT2D eigenvalue weighted by Gasteiger charge is -2.17. The van der Waals surface area contributed by atoms with Crippen LogP contribution < -0.4 is 16.0 Å². The van der Waals surface area contributed by atoms with E-state index in [1.165, 1.54) is 0 Å². The third kappa shape index (κ3) is 3.41. The third-order valence-electron chi connectivity index (χ3n) is 2.85. The van der Waals surface area contributed by atoms with Gasteiger partial charge in [0.05, 0.1) is 5.56 Å². The summed E-state index contributed by atoms with van der Waals surface area (Å²) in [5.41, 5.74) is 8.52. The molecule has 0 spiro atoms. The number of carbonyl (C=O) groups is 1. The first-order valence-corrected chi connectivity index (χ1v) is 7.19. The second-order valence-electron chi connectivity index (χ2n) is 4.63. The molecule has 0 aromatic heterocycles. The first-order chi connectivity index (χ1) is 9.47. The molecule has 0 aliphatic carbocycles. The van der Waals surface area contributed by atoms with Crippen molar-refractivity contribution in [3.05, 3.63) is 51.6 Å². The van der Waals surface area contributed by atoms with Crippen molar-refractivity contribution in [2.45, 2.75) is 0 Å². The minimum absolute atomic E-state index is 0.165. The Kier molecular flexibility index (Phi) is 4.49. The molecule has 4 nitrogen and oxygen atoms in total. The number of benzene rings is 2. The number of hydrogen-bond donors (Lipinski definition) is 2. The number of nitrogens with two attached hydrogens (primary N) is 1. The maximum Gasteiger partial charge on any atom is 0.257 e. The van der Waals surface area contributed by atoms with Crippen LogP contribution in [-0.4, -0.2) is 20.0 Å². The lowest BCUT2D eigenvalue weighted by atomic mass is 10.1. The number of nitrogen functional groups attached to an aromatic ring is 1. The zero-order chi connectivity index (χ0) is 14.7. The molecule has 2 rings (SSSR count). The van der Waals surface area contributed by atoms with E-state index >= 15 is 0 Å². The van der Waals surface area contributed by atoms with Crippen molar-refractivity contribution in [1.82, 2.24) is 0 Å². The Balaban J connectivity index is 2.28. The Morgan fingerprint density at radius 3 is 2.40 bits per heavy atom. The van der Waals surface area contributed by atoms with E-state index < -0.39 is 0 Å². The summed E-state index contributed by atoms with van der Waals surface area (Å²) < 4.78 is 1.12. The zero-order valence-corrected chi connectivity index (χ0v) is 13.5. The van der Waals surface area contributed by atoms with E-state index in [9.17, 15) is 4.79 Å². The molecular formula is C15H16IN3O. The molecule has 0 bridgehead atoms. The fourth-order valence-corrected chi connectivity index (χ4v) is 2.22. The molecule has 0 aliphatic heterocycles. The van der Waals surface area contributed by atoms with Crippen LogP contribution in [0.1, 0.15) is 10.4 Å². The molecule has 0 fully saturated rings. The van der Waals surface area contributed by atoms with E-state index in [0.717, 1.165) is 14.9 Å². The van der Waals surface area contributed by atoms with Crippen LogP contribution in [0.15, 0.2) is 42.5 Å². The minimum atomic E-state index is -0.165. The number of rotatable bonds is 3. The number of nitrogens with zero attached hydrogens (tertiary/aromatic N) is 1. The number of hydrogen-bond acceptors (Lipinski definition) is 3. The summed E-state index contributed by atoms with van der Waals surface area (Å²) >= 11 is 2.22. The normalized spacial score (nSPS) is 10.2. The molecule has 0 heterocycles. The largest absolute Gasteiger partial charge is 0.399 e. The Morgan fingerprint density at radius 1 is 1.15 bits per heavy atom. The van der Waals surface area contributed by atoms with E-state index in [1.54, 1.807) is 12.1 Å². The highest BCUT2D eigenvalue weighted by Gasteiger charge is 2.13. The summed E-state index contributed by atoms with van der Waals surface area (Å²) in [5.74, 6) is -0.165. The van der Waals surface area contributed by atoms with Crippen LogP contribution >= 0.6 is 22.6 Å². The van der Waals surface area contributed by atoms with Gasteiger partial charge in [0.1, 0.15) is 0 Å². The molecule has 1 amide bonds. The van der Waals surface area contributed by atoms with Gasteiger partial charge in [-0.1, -0.05) is 0 Å². The Bertz CT molecular complexity index is 624. The summed E-state index contributed by atoms with van der Waals surface area (Å²) in [6, 6.07) is 13.0. The molecule has 20 heavy (non-hydrogen) atoms. The lowest BCUT2D eigenvalue weighted by Crippen LogP contribution is -2.18. The molecule has 2 aromatic carbocycles. The Hall–Kier alpha value is -1.76. The van der Waals surface area contributed by atoms with E-state index in [1.807, 2.05) is 49.3 Å². The zero-order valence-electron chi connectivity index (χ0n) is 11.4. The first-order valence-electron chi connectivity index (χ1n) is 6.11. The van der Waals surface area contributed by atoms with Crippen molar-refractivity contribution in [3.8, 4) is 0 Å². The van der Waals surface area contributed by atoms with Crippen molar-refractivity contribution >= 4 is 45.6 Å². The quantitative estimate of drug-likeness (QED) is 0.634. The summed E-state index contributed by atoms with van der Waals surface area (Å²) in [5, 5.41) is 2.88. The van der Waals surface area contributed by atoms with Crippen molar-refractivity contribution in [3.63, 3.8) is 0 Å². The van der Waals surface area contributed by atoms with Gasteiger partial charge in [-0.3, -0.25) is 4.79 Å². The summed E-state index contributed by atoms with van der Waals surface area (Å²) in [7, 11) is 3.79. The molecular weight excluding hydrogens is 365 g/mol.